The van der Waals surface area contributed by atoms with Crippen molar-refractivity contribution in [2.45, 2.75) is 44.8 Å². The zero-order valence-corrected chi connectivity index (χ0v) is 11.8. The molecular weight excluding hydrogens is 275 g/mol. The molecule has 0 aliphatic carbocycles. The summed E-state index contributed by atoms with van der Waals surface area (Å²) in [4.78, 5) is 4.21. The maximum absolute atomic E-state index is 11.9. The summed E-state index contributed by atoms with van der Waals surface area (Å²) >= 11 is 0. The molecule has 0 bridgehead atoms. The molecule has 1 aromatic heterocycles. The Morgan fingerprint density at radius 3 is 2.65 bits per heavy atom. The van der Waals surface area contributed by atoms with E-state index in [0.717, 1.165) is 6.42 Å². The van der Waals surface area contributed by atoms with Crippen LogP contribution in [0.3, 0.4) is 0 Å². The predicted molar refractivity (Wildman–Crippen MR) is 66.4 cm³/mol. The minimum Gasteiger partial charge on any atom is -0.372 e. The van der Waals surface area contributed by atoms with Crippen LogP contribution in [0.2, 0.25) is 0 Å². The summed E-state index contributed by atoms with van der Waals surface area (Å²) in [5, 5.41) is 6.88. The SMILES string of the molecule is CCC(c1nc(CCOCC(F)(F)F)no1)C(C)NC. The van der Waals surface area contributed by atoms with Gasteiger partial charge in [0.1, 0.15) is 6.61 Å². The number of alkyl halides is 3. The Morgan fingerprint density at radius 2 is 2.10 bits per heavy atom. The normalized spacial score (nSPS) is 15.3. The molecule has 1 N–H and O–H groups in total. The molecule has 1 rings (SSSR count). The zero-order chi connectivity index (χ0) is 15.2. The van der Waals surface area contributed by atoms with Crippen LogP contribution in [0.5, 0.6) is 0 Å². The lowest BCUT2D eigenvalue weighted by atomic mass is 9.98. The molecule has 0 radical (unpaired) electrons. The summed E-state index contributed by atoms with van der Waals surface area (Å²) in [6.45, 7) is 2.67. The topological polar surface area (TPSA) is 60.2 Å². The lowest BCUT2D eigenvalue weighted by Crippen LogP contribution is -2.28. The molecule has 0 fully saturated rings. The molecule has 0 saturated carbocycles. The van der Waals surface area contributed by atoms with Gasteiger partial charge in [0.05, 0.1) is 12.5 Å². The van der Waals surface area contributed by atoms with E-state index in [1.165, 1.54) is 0 Å². The Hall–Kier alpha value is -1.15. The van der Waals surface area contributed by atoms with Crippen molar-refractivity contribution in [3.05, 3.63) is 11.7 Å². The molecule has 0 aliphatic rings. The molecule has 0 saturated heterocycles. The van der Waals surface area contributed by atoms with Crippen molar-refractivity contribution >= 4 is 0 Å². The summed E-state index contributed by atoms with van der Waals surface area (Å²) in [5.41, 5.74) is 0. The highest BCUT2D eigenvalue weighted by molar-refractivity contribution is 4.98. The molecule has 0 amide bonds. The zero-order valence-electron chi connectivity index (χ0n) is 11.8. The van der Waals surface area contributed by atoms with Gasteiger partial charge in [0.2, 0.25) is 5.89 Å². The van der Waals surface area contributed by atoms with Crippen LogP contribution >= 0.6 is 0 Å². The second kappa shape index (κ2) is 7.58. The van der Waals surface area contributed by atoms with Crippen molar-refractivity contribution in [2.24, 2.45) is 0 Å². The van der Waals surface area contributed by atoms with Crippen LogP contribution in [-0.4, -0.2) is 42.6 Å². The van der Waals surface area contributed by atoms with Gasteiger partial charge in [0.25, 0.3) is 0 Å². The van der Waals surface area contributed by atoms with Gasteiger partial charge in [-0.3, -0.25) is 0 Å². The molecule has 1 heterocycles. The summed E-state index contributed by atoms with van der Waals surface area (Å²) in [6, 6.07) is 0.176. The van der Waals surface area contributed by atoms with Gasteiger partial charge >= 0.3 is 6.18 Å². The van der Waals surface area contributed by atoms with E-state index in [9.17, 15) is 13.2 Å². The highest BCUT2D eigenvalue weighted by Crippen LogP contribution is 2.21. The first kappa shape index (κ1) is 16.9. The van der Waals surface area contributed by atoms with Crippen LogP contribution in [0, 0.1) is 0 Å². The average Bonchev–Trinajstić information content (AvgIpc) is 2.83. The van der Waals surface area contributed by atoms with Crippen molar-refractivity contribution in [1.29, 1.82) is 0 Å². The largest absolute Gasteiger partial charge is 0.411 e. The van der Waals surface area contributed by atoms with Gasteiger partial charge in [0, 0.05) is 12.5 Å². The lowest BCUT2D eigenvalue weighted by molar-refractivity contribution is -0.173. The van der Waals surface area contributed by atoms with Crippen LogP contribution < -0.4 is 5.32 Å². The smallest absolute Gasteiger partial charge is 0.372 e. The molecular formula is C12H20F3N3O2. The molecule has 116 valence electrons. The Morgan fingerprint density at radius 1 is 1.40 bits per heavy atom. The molecule has 0 aliphatic heterocycles. The molecule has 20 heavy (non-hydrogen) atoms. The number of hydrogen-bond donors (Lipinski definition) is 1. The van der Waals surface area contributed by atoms with Gasteiger partial charge in [-0.25, -0.2) is 0 Å². The lowest BCUT2D eigenvalue weighted by Gasteiger charge is -2.17. The van der Waals surface area contributed by atoms with Crippen LogP contribution in [-0.2, 0) is 11.2 Å². The van der Waals surface area contributed by atoms with Gasteiger partial charge in [-0.2, -0.15) is 18.2 Å². The van der Waals surface area contributed by atoms with E-state index in [1.807, 2.05) is 20.9 Å². The number of rotatable bonds is 8. The van der Waals surface area contributed by atoms with Crippen molar-refractivity contribution in [2.75, 3.05) is 20.3 Å². The van der Waals surface area contributed by atoms with Gasteiger partial charge in [-0.1, -0.05) is 12.1 Å². The number of nitrogens with one attached hydrogen (secondary N) is 1. The highest BCUT2D eigenvalue weighted by atomic mass is 19.4. The maximum Gasteiger partial charge on any atom is 0.411 e. The minimum atomic E-state index is -4.31. The minimum absolute atomic E-state index is 0.0809. The van der Waals surface area contributed by atoms with Crippen LogP contribution in [0.25, 0.3) is 0 Å². The fraction of sp³-hybridized carbons (Fsp3) is 0.833. The fourth-order valence-corrected chi connectivity index (χ4v) is 1.81. The van der Waals surface area contributed by atoms with Crippen LogP contribution in [0.4, 0.5) is 13.2 Å². The second-order valence-corrected chi connectivity index (χ2v) is 4.56. The van der Waals surface area contributed by atoms with Crippen LogP contribution in [0.15, 0.2) is 4.52 Å². The number of ether oxygens (including phenoxy) is 1. The quantitative estimate of drug-likeness (QED) is 0.746. The number of aromatic nitrogens is 2. The molecule has 8 heteroatoms. The van der Waals surface area contributed by atoms with E-state index in [0.29, 0.717) is 11.7 Å². The molecule has 5 nitrogen and oxygen atoms in total. The Kier molecular flexibility index (Phi) is 6.41. The second-order valence-electron chi connectivity index (χ2n) is 4.56. The third-order valence-electron chi connectivity index (χ3n) is 3.04. The van der Waals surface area contributed by atoms with Crippen molar-refractivity contribution in [3.8, 4) is 0 Å². The summed E-state index contributed by atoms with van der Waals surface area (Å²) in [6.07, 6.45) is -3.28. The van der Waals surface area contributed by atoms with Gasteiger partial charge in [-0.15, -0.1) is 0 Å². The molecule has 1 aromatic rings. The monoisotopic (exact) mass is 295 g/mol. The number of hydrogen-bond acceptors (Lipinski definition) is 5. The van der Waals surface area contributed by atoms with E-state index in [1.54, 1.807) is 0 Å². The van der Waals surface area contributed by atoms with Crippen molar-refractivity contribution in [3.63, 3.8) is 0 Å². The van der Waals surface area contributed by atoms with E-state index in [2.05, 4.69) is 20.2 Å². The molecule has 0 spiro atoms. The van der Waals surface area contributed by atoms with Crippen molar-refractivity contribution in [1.82, 2.24) is 15.5 Å². The van der Waals surface area contributed by atoms with Gasteiger partial charge in [-0.05, 0) is 20.4 Å². The fourth-order valence-electron chi connectivity index (χ4n) is 1.81. The number of nitrogens with zero attached hydrogens (tertiary/aromatic N) is 2. The van der Waals surface area contributed by atoms with E-state index in [4.69, 9.17) is 4.52 Å². The van der Waals surface area contributed by atoms with Gasteiger partial charge in [0.15, 0.2) is 5.82 Å². The Balaban J connectivity index is 2.46. The predicted octanol–water partition coefficient (Wildman–Crippen LogP) is 2.29. The first-order valence-electron chi connectivity index (χ1n) is 6.51. The van der Waals surface area contributed by atoms with Crippen molar-refractivity contribution < 1.29 is 22.4 Å². The van der Waals surface area contributed by atoms with E-state index in [-0.39, 0.29) is 25.0 Å². The standard InChI is InChI=1S/C12H20F3N3O2/c1-4-9(8(2)16-3)11-17-10(18-20-11)5-6-19-7-12(13,14)15/h8-9,16H,4-7H2,1-3H3. The maximum atomic E-state index is 11.9. The average molecular weight is 295 g/mol. The number of halogens is 3. The third-order valence-corrected chi connectivity index (χ3v) is 3.04. The first-order chi connectivity index (χ1) is 9.37. The molecule has 0 aromatic carbocycles. The number of likely N-dealkylation sites (N-methyl/N-ethyl adjacent to an activating group) is 1. The summed E-state index contributed by atoms with van der Waals surface area (Å²) in [7, 11) is 1.84. The third kappa shape index (κ3) is 5.46. The van der Waals surface area contributed by atoms with E-state index >= 15 is 0 Å². The van der Waals surface area contributed by atoms with Gasteiger partial charge < -0.3 is 14.6 Å². The summed E-state index contributed by atoms with van der Waals surface area (Å²) < 4.78 is 45.3. The Labute approximate surface area is 115 Å². The van der Waals surface area contributed by atoms with Crippen LogP contribution in [0.1, 0.15) is 37.9 Å². The Bertz CT molecular complexity index is 396. The van der Waals surface area contributed by atoms with E-state index < -0.39 is 12.8 Å². The molecule has 2 unspecified atom stereocenters. The summed E-state index contributed by atoms with van der Waals surface area (Å²) in [5.74, 6) is 0.946. The first-order valence-corrected chi connectivity index (χ1v) is 6.51. The highest BCUT2D eigenvalue weighted by Gasteiger charge is 2.27. The molecule has 2 atom stereocenters.